The Hall–Kier alpha value is -3.92. The van der Waals surface area contributed by atoms with E-state index in [-0.39, 0.29) is 22.7 Å². The number of benzene rings is 2. The quantitative estimate of drug-likeness (QED) is 0.441. The summed E-state index contributed by atoms with van der Waals surface area (Å²) in [4.78, 5) is 25.3. The summed E-state index contributed by atoms with van der Waals surface area (Å²) in [5, 5.41) is 37.5. The van der Waals surface area contributed by atoms with E-state index in [0.717, 1.165) is 5.56 Å². The maximum absolute atomic E-state index is 10.4. The second kappa shape index (κ2) is 7.91. The summed E-state index contributed by atoms with van der Waals surface area (Å²) >= 11 is 0. The number of diazo groups is 2. The Bertz CT molecular complexity index is 882. The van der Waals surface area contributed by atoms with Crippen molar-refractivity contribution in [1.82, 2.24) is 0 Å². The normalized spacial score (nSPS) is 9.00. The zero-order valence-corrected chi connectivity index (χ0v) is 12.8. The molecule has 2 aromatic carbocycles. The standard InChI is InChI=1S/2C7H6N3O2/c1-5-2-3-6(9-8)4-7(5)10(11)12;1-5-2-3-6(9-8)7(4-5)10(11)12/h2*2-4H,1H3/q2*+1. The first kappa shape index (κ1) is 18.1. The zero-order chi connectivity index (χ0) is 18.3. The average molecular weight is 328 g/mol. The largest absolute Gasteiger partial charge is 0.461 e. The summed E-state index contributed by atoms with van der Waals surface area (Å²) in [6, 6.07) is 8.65. The zero-order valence-electron chi connectivity index (χ0n) is 12.8. The van der Waals surface area contributed by atoms with Crippen LogP contribution in [0, 0.1) is 44.9 Å². The molecule has 120 valence electrons. The Morgan fingerprint density at radius 3 is 2.00 bits per heavy atom. The second-order valence-corrected chi connectivity index (χ2v) is 4.68. The predicted octanol–water partition coefficient (Wildman–Crippen LogP) is 4.78. The van der Waals surface area contributed by atoms with E-state index < -0.39 is 9.85 Å². The van der Waals surface area contributed by atoms with Gasteiger partial charge >= 0.3 is 17.1 Å². The predicted molar refractivity (Wildman–Crippen MR) is 85.2 cm³/mol. The van der Waals surface area contributed by atoms with Gasteiger partial charge in [0.2, 0.25) is 10.8 Å². The summed E-state index contributed by atoms with van der Waals surface area (Å²) < 4.78 is 0. The maximum atomic E-state index is 10.4. The van der Waals surface area contributed by atoms with Gasteiger partial charge in [-0.2, -0.15) is 0 Å². The van der Waals surface area contributed by atoms with Crippen LogP contribution in [0.1, 0.15) is 11.1 Å². The van der Waals surface area contributed by atoms with Crippen molar-refractivity contribution in [2.75, 3.05) is 0 Å². The van der Waals surface area contributed by atoms with Crippen molar-refractivity contribution in [2.24, 2.45) is 0 Å². The van der Waals surface area contributed by atoms with E-state index in [9.17, 15) is 20.2 Å². The minimum atomic E-state index is -0.581. The number of rotatable bonds is 2. The van der Waals surface area contributed by atoms with Gasteiger partial charge in [0.1, 0.15) is 6.07 Å². The van der Waals surface area contributed by atoms with Crippen LogP contribution in [0.4, 0.5) is 22.7 Å². The van der Waals surface area contributed by atoms with Gasteiger partial charge < -0.3 is 0 Å². The number of hydrogen-bond acceptors (Lipinski definition) is 6. The van der Waals surface area contributed by atoms with Crippen molar-refractivity contribution in [3.8, 4) is 0 Å². The van der Waals surface area contributed by atoms with Crippen molar-refractivity contribution in [1.29, 1.82) is 10.8 Å². The second-order valence-electron chi connectivity index (χ2n) is 4.68. The maximum Gasteiger partial charge on any atom is 0.461 e. The van der Waals surface area contributed by atoms with Crippen LogP contribution in [-0.2, 0) is 0 Å². The van der Waals surface area contributed by atoms with E-state index in [4.69, 9.17) is 10.8 Å². The number of hydrogen-bond donors (Lipinski definition) is 0. The molecule has 0 aromatic heterocycles. The summed E-state index contributed by atoms with van der Waals surface area (Å²) in [5.41, 5.74) is 1.25. The molecule has 0 N–H and O–H groups in total. The summed E-state index contributed by atoms with van der Waals surface area (Å²) in [6.45, 7) is 3.35. The molecule has 0 aliphatic rings. The highest BCUT2D eigenvalue weighted by atomic mass is 16.6. The third-order valence-corrected chi connectivity index (χ3v) is 2.94. The van der Waals surface area contributed by atoms with Crippen LogP contribution in [0.15, 0.2) is 36.4 Å². The van der Waals surface area contributed by atoms with E-state index in [1.54, 1.807) is 19.9 Å². The van der Waals surface area contributed by atoms with Gasteiger partial charge in [0.05, 0.1) is 9.85 Å². The minimum Gasteiger partial charge on any atom is -0.258 e. The van der Waals surface area contributed by atoms with Crippen molar-refractivity contribution >= 4 is 22.7 Å². The Morgan fingerprint density at radius 1 is 0.875 bits per heavy atom. The van der Waals surface area contributed by atoms with Crippen molar-refractivity contribution in [3.05, 3.63) is 77.7 Å². The Labute approximate surface area is 135 Å². The molecule has 0 radical (unpaired) electrons. The molecule has 10 nitrogen and oxygen atoms in total. The summed E-state index contributed by atoms with van der Waals surface area (Å²) in [5.74, 6) is 0. The molecule has 2 rings (SSSR count). The number of nitro groups is 2. The lowest BCUT2D eigenvalue weighted by Crippen LogP contribution is -1.90. The van der Waals surface area contributed by atoms with E-state index in [0.29, 0.717) is 5.56 Å². The highest BCUT2D eigenvalue weighted by Crippen LogP contribution is 2.27. The monoisotopic (exact) mass is 328 g/mol. The van der Waals surface area contributed by atoms with Crippen molar-refractivity contribution in [2.45, 2.75) is 13.8 Å². The lowest BCUT2D eigenvalue weighted by molar-refractivity contribution is -0.385. The van der Waals surface area contributed by atoms with E-state index in [1.165, 1.54) is 30.3 Å². The smallest absolute Gasteiger partial charge is 0.258 e. The van der Waals surface area contributed by atoms with Crippen LogP contribution in [0.2, 0.25) is 0 Å². The van der Waals surface area contributed by atoms with Crippen LogP contribution < -0.4 is 0 Å². The van der Waals surface area contributed by atoms with E-state index in [2.05, 4.69) is 9.95 Å². The summed E-state index contributed by atoms with van der Waals surface area (Å²) in [6.07, 6.45) is 0. The third kappa shape index (κ3) is 4.54. The van der Waals surface area contributed by atoms with Gasteiger partial charge in [0, 0.05) is 23.8 Å². The molecule has 0 bridgehead atoms. The molecule has 0 atom stereocenters. The van der Waals surface area contributed by atoms with Crippen molar-refractivity contribution < 1.29 is 9.85 Å². The average Bonchev–Trinajstić information content (AvgIpc) is 2.55. The summed E-state index contributed by atoms with van der Waals surface area (Å²) in [7, 11) is 0. The molecule has 0 fully saturated rings. The van der Waals surface area contributed by atoms with E-state index >= 15 is 0 Å². The van der Waals surface area contributed by atoms with Gasteiger partial charge in [-0.1, -0.05) is 6.07 Å². The lowest BCUT2D eigenvalue weighted by atomic mass is 10.2. The Morgan fingerprint density at radius 2 is 1.50 bits per heavy atom. The highest BCUT2D eigenvalue weighted by Gasteiger charge is 2.23. The van der Waals surface area contributed by atoms with Gasteiger partial charge in [-0.05, 0) is 25.5 Å². The first-order valence-corrected chi connectivity index (χ1v) is 6.50. The highest BCUT2D eigenvalue weighted by molar-refractivity contribution is 5.62. The lowest BCUT2D eigenvalue weighted by Gasteiger charge is -1.91. The molecule has 0 saturated heterocycles. The van der Waals surface area contributed by atoms with Crippen LogP contribution in [0.25, 0.3) is 9.95 Å². The van der Waals surface area contributed by atoms with Crippen LogP contribution in [-0.4, -0.2) is 9.85 Å². The van der Waals surface area contributed by atoms with Gasteiger partial charge in [-0.25, -0.2) is 0 Å². The van der Waals surface area contributed by atoms with Gasteiger partial charge in [0.25, 0.3) is 5.69 Å². The Kier molecular flexibility index (Phi) is 5.98. The van der Waals surface area contributed by atoms with Gasteiger partial charge in [-0.3, -0.25) is 20.2 Å². The first-order valence-electron chi connectivity index (χ1n) is 6.50. The van der Waals surface area contributed by atoms with Crippen molar-refractivity contribution in [3.63, 3.8) is 0 Å². The van der Waals surface area contributed by atoms with Crippen LogP contribution in [0.3, 0.4) is 0 Å². The fourth-order valence-corrected chi connectivity index (χ4v) is 1.72. The Balaban J connectivity index is 0.000000240. The third-order valence-electron chi connectivity index (χ3n) is 2.94. The molecule has 10 heteroatoms. The number of nitrogens with zero attached hydrogens (tertiary/aromatic N) is 6. The SMILES string of the molecule is Cc1ccc([N+]#N)c([N+](=O)[O-])c1.Cc1ccc([N+]#N)cc1[N+](=O)[O-]. The molecule has 0 unspecified atom stereocenters. The van der Waals surface area contributed by atoms with Crippen LogP contribution >= 0.6 is 0 Å². The fourth-order valence-electron chi connectivity index (χ4n) is 1.72. The first-order chi connectivity index (χ1) is 11.3. The van der Waals surface area contributed by atoms with E-state index in [1.807, 2.05) is 0 Å². The van der Waals surface area contributed by atoms with Gasteiger partial charge in [-0.15, -0.1) is 0 Å². The molecule has 0 saturated carbocycles. The number of aryl methyl sites for hydroxylation is 2. The minimum absolute atomic E-state index is 0.0226. The topological polar surface area (TPSA) is 143 Å². The number of nitro benzene ring substituents is 2. The molecule has 2 aromatic rings. The molecule has 0 heterocycles. The molecule has 0 spiro atoms. The molecule has 0 aliphatic heterocycles. The molecular formula is C14H12N6O4+2. The molecule has 24 heavy (non-hydrogen) atoms. The van der Waals surface area contributed by atoms with Gasteiger partial charge in [0.15, 0.2) is 9.95 Å². The molecule has 0 amide bonds. The molecule has 0 aliphatic carbocycles. The van der Waals surface area contributed by atoms with Crippen LogP contribution in [0.5, 0.6) is 0 Å². The molecular weight excluding hydrogens is 316 g/mol. The fraction of sp³-hybridized carbons (Fsp3) is 0.143.